The summed E-state index contributed by atoms with van der Waals surface area (Å²) in [4.78, 5) is 21.7. The second-order valence-electron chi connectivity index (χ2n) is 4.77. The van der Waals surface area contributed by atoms with Crippen molar-refractivity contribution in [1.29, 1.82) is 0 Å². The van der Waals surface area contributed by atoms with Gasteiger partial charge in [0.1, 0.15) is 6.10 Å². The molecule has 0 aliphatic heterocycles. The number of carbonyl (C=O) groups excluding carboxylic acids is 1. The molecule has 7 nitrogen and oxygen atoms in total. The van der Waals surface area contributed by atoms with E-state index in [1.165, 1.54) is 6.92 Å². The Balaban J connectivity index is 2.48. The Bertz CT molecular complexity index is 711. The fourth-order valence-electron chi connectivity index (χ4n) is 1.94. The zero-order chi connectivity index (χ0) is 15.8. The summed E-state index contributed by atoms with van der Waals surface area (Å²) < 4.78 is 28.1. The summed E-state index contributed by atoms with van der Waals surface area (Å²) in [5.41, 5.74) is -0.800. The van der Waals surface area contributed by atoms with Crippen LogP contribution in [-0.2, 0) is 13.8 Å². The minimum absolute atomic E-state index is 0.116. The number of benzene rings is 1. The van der Waals surface area contributed by atoms with Crippen LogP contribution in [0.3, 0.4) is 0 Å². The minimum atomic E-state index is -4.21. The van der Waals surface area contributed by atoms with Crippen LogP contribution in [0.15, 0.2) is 17.0 Å². The van der Waals surface area contributed by atoms with Crippen LogP contribution in [0, 0.1) is 17.0 Å². The van der Waals surface area contributed by atoms with Crippen molar-refractivity contribution >= 4 is 31.4 Å². The lowest BCUT2D eigenvalue weighted by Gasteiger charge is -2.25. The smallest absolute Gasteiger partial charge is 0.338 e. The van der Waals surface area contributed by atoms with E-state index in [-0.39, 0.29) is 17.2 Å². The molecule has 0 aromatic heterocycles. The third kappa shape index (κ3) is 3.33. The molecule has 114 valence electrons. The van der Waals surface area contributed by atoms with Crippen LogP contribution in [0.25, 0.3) is 0 Å². The van der Waals surface area contributed by atoms with E-state index in [4.69, 9.17) is 15.4 Å². The zero-order valence-corrected chi connectivity index (χ0v) is 12.6. The lowest BCUT2D eigenvalue weighted by molar-refractivity contribution is -0.385. The molecule has 1 aromatic rings. The SMILES string of the molecule is Cc1c([N+](=O)[O-])cc(C(=O)OC2CCC2)cc1S(=O)(=O)Cl. The van der Waals surface area contributed by atoms with Crippen LogP contribution in [0.5, 0.6) is 0 Å². The minimum Gasteiger partial charge on any atom is -0.459 e. The number of halogens is 1. The molecule has 0 unspecified atom stereocenters. The first kappa shape index (κ1) is 15.7. The van der Waals surface area contributed by atoms with Crippen molar-refractivity contribution in [2.45, 2.75) is 37.2 Å². The van der Waals surface area contributed by atoms with Crippen LogP contribution in [-0.4, -0.2) is 25.4 Å². The van der Waals surface area contributed by atoms with Gasteiger partial charge in [-0.1, -0.05) is 0 Å². The van der Waals surface area contributed by atoms with Gasteiger partial charge < -0.3 is 4.74 Å². The molecule has 21 heavy (non-hydrogen) atoms. The van der Waals surface area contributed by atoms with E-state index in [0.717, 1.165) is 31.4 Å². The van der Waals surface area contributed by atoms with Gasteiger partial charge in [-0.2, -0.15) is 0 Å². The average Bonchev–Trinajstić information content (AvgIpc) is 2.31. The molecular formula is C12H12ClNO6S. The quantitative estimate of drug-likeness (QED) is 0.363. The standard InChI is InChI=1S/C12H12ClNO6S/c1-7-10(14(16)17)5-8(6-11(7)21(13,18)19)12(15)20-9-3-2-4-9/h5-6,9H,2-4H2,1H3. The number of hydrogen-bond donors (Lipinski definition) is 0. The molecule has 0 spiro atoms. The number of nitro benzene ring substituents is 1. The molecule has 0 radical (unpaired) electrons. The highest BCUT2D eigenvalue weighted by molar-refractivity contribution is 8.13. The van der Waals surface area contributed by atoms with E-state index in [9.17, 15) is 23.3 Å². The Morgan fingerprint density at radius 2 is 2.05 bits per heavy atom. The topological polar surface area (TPSA) is 104 Å². The monoisotopic (exact) mass is 333 g/mol. The summed E-state index contributed by atoms with van der Waals surface area (Å²) in [6.07, 6.45) is 2.21. The number of nitro groups is 1. The molecule has 0 heterocycles. The third-order valence-electron chi connectivity index (χ3n) is 3.35. The molecule has 9 heteroatoms. The molecule has 1 aromatic carbocycles. The van der Waals surface area contributed by atoms with Gasteiger partial charge in [0.05, 0.1) is 15.4 Å². The van der Waals surface area contributed by atoms with Crippen LogP contribution in [0.1, 0.15) is 35.2 Å². The van der Waals surface area contributed by atoms with Crippen molar-refractivity contribution < 1.29 is 22.9 Å². The van der Waals surface area contributed by atoms with E-state index in [0.29, 0.717) is 0 Å². The Labute approximate surface area is 125 Å². The van der Waals surface area contributed by atoms with E-state index in [1.807, 2.05) is 0 Å². The maximum Gasteiger partial charge on any atom is 0.338 e. The average molecular weight is 334 g/mol. The summed E-state index contributed by atoms with van der Waals surface area (Å²) in [5, 5.41) is 11.0. The van der Waals surface area contributed by atoms with Crippen molar-refractivity contribution in [3.8, 4) is 0 Å². The van der Waals surface area contributed by atoms with Gasteiger partial charge in [0.15, 0.2) is 0 Å². The van der Waals surface area contributed by atoms with Crippen molar-refractivity contribution in [3.63, 3.8) is 0 Å². The van der Waals surface area contributed by atoms with Crippen molar-refractivity contribution in [2.75, 3.05) is 0 Å². The summed E-state index contributed by atoms with van der Waals surface area (Å²) in [5.74, 6) is -0.788. The van der Waals surface area contributed by atoms with E-state index >= 15 is 0 Å². The molecular weight excluding hydrogens is 322 g/mol. The van der Waals surface area contributed by atoms with Crippen molar-refractivity contribution in [3.05, 3.63) is 33.4 Å². The molecule has 0 saturated heterocycles. The zero-order valence-electron chi connectivity index (χ0n) is 11.0. The summed E-state index contributed by atoms with van der Waals surface area (Å²) in [6.45, 7) is 1.26. The van der Waals surface area contributed by atoms with Gasteiger partial charge in [-0.05, 0) is 32.3 Å². The van der Waals surface area contributed by atoms with Gasteiger partial charge in [-0.25, -0.2) is 13.2 Å². The molecule has 1 saturated carbocycles. The number of hydrogen-bond acceptors (Lipinski definition) is 6. The molecule has 0 bridgehead atoms. The Kier molecular flexibility index (Phi) is 4.20. The van der Waals surface area contributed by atoms with Crippen LogP contribution >= 0.6 is 10.7 Å². The molecule has 0 N–H and O–H groups in total. The van der Waals surface area contributed by atoms with E-state index in [1.54, 1.807) is 0 Å². The van der Waals surface area contributed by atoms with Gasteiger partial charge in [0.25, 0.3) is 14.7 Å². The number of esters is 1. The van der Waals surface area contributed by atoms with Gasteiger partial charge >= 0.3 is 5.97 Å². The van der Waals surface area contributed by atoms with Gasteiger partial charge in [-0.15, -0.1) is 0 Å². The van der Waals surface area contributed by atoms with Gasteiger partial charge in [0.2, 0.25) is 0 Å². The molecule has 1 fully saturated rings. The molecule has 0 atom stereocenters. The van der Waals surface area contributed by atoms with Gasteiger partial charge in [0, 0.05) is 22.3 Å². The number of ether oxygens (including phenoxy) is 1. The molecule has 0 amide bonds. The fraction of sp³-hybridized carbons (Fsp3) is 0.417. The number of rotatable bonds is 4. The maximum absolute atomic E-state index is 11.9. The first-order valence-corrected chi connectivity index (χ1v) is 8.46. The largest absolute Gasteiger partial charge is 0.459 e. The maximum atomic E-state index is 11.9. The predicted octanol–water partition coefficient (Wildman–Crippen LogP) is 2.54. The molecule has 1 aliphatic carbocycles. The Morgan fingerprint density at radius 1 is 1.43 bits per heavy atom. The van der Waals surface area contributed by atoms with Crippen LogP contribution in [0.2, 0.25) is 0 Å². The Morgan fingerprint density at radius 3 is 2.48 bits per heavy atom. The van der Waals surface area contributed by atoms with E-state index in [2.05, 4.69) is 0 Å². The van der Waals surface area contributed by atoms with Gasteiger partial charge in [-0.3, -0.25) is 10.1 Å². The molecule has 2 rings (SSSR count). The van der Waals surface area contributed by atoms with Crippen molar-refractivity contribution in [2.24, 2.45) is 0 Å². The second-order valence-corrected chi connectivity index (χ2v) is 7.31. The summed E-state index contributed by atoms with van der Waals surface area (Å²) >= 11 is 0. The normalized spacial score (nSPS) is 15.3. The summed E-state index contributed by atoms with van der Waals surface area (Å²) in [6, 6.07) is 2.01. The Hall–Kier alpha value is -1.67. The van der Waals surface area contributed by atoms with E-state index < -0.39 is 30.5 Å². The van der Waals surface area contributed by atoms with Crippen LogP contribution < -0.4 is 0 Å². The highest BCUT2D eigenvalue weighted by Gasteiger charge is 2.28. The highest BCUT2D eigenvalue weighted by Crippen LogP contribution is 2.30. The summed E-state index contributed by atoms with van der Waals surface area (Å²) in [7, 11) is 1.05. The number of nitrogens with zero attached hydrogens (tertiary/aromatic N) is 1. The second kappa shape index (κ2) is 5.61. The fourth-order valence-corrected chi connectivity index (χ4v) is 3.16. The lowest BCUT2D eigenvalue weighted by Crippen LogP contribution is -2.25. The third-order valence-corrected chi connectivity index (χ3v) is 4.80. The number of carbonyl (C=O) groups is 1. The molecule has 1 aliphatic rings. The first-order valence-electron chi connectivity index (χ1n) is 6.15. The lowest BCUT2D eigenvalue weighted by atomic mass is 9.96. The van der Waals surface area contributed by atoms with Crippen molar-refractivity contribution in [1.82, 2.24) is 0 Å². The highest BCUT2D eigenvalue weighted by atomic mass is 35.7. The van der Waals surface area contributed by atoms with Crippen LogP contribution in [0.4, 0.5) is 5.69 Å². The first-order chi connectivity index (χ1) is 9.70. The predicted molar refractivity (Wildman–Crippen MR) is 73.9 cm³/mol.